The second-order valence-corrected chi connectivity index (χ2v) is 6.44. The number of fused-ring (bicyclic) bond motifs is 1. The minimum atomic E-state index is -0.893. The predicted octanol–water partition coefficient (Wildman–Crippen LogP) is 4.63. The Morgan fingerprint density at radius 3 is 2.57 bits per heavy atom. The molecule has 0 aliphatic carbocycles. The van der Waals surface area contributed by atoms with Crippen LogP contribution in [0.4, 0.5) is 0 Å². The zero-order valence-corrected chi connectivity index (χ0v) is 16.2. The number of benzene rings is 1. The first kappa shape index (κ1) is 21.3. The van der Waals surface area contributed by atoms with Crippen molar-refractivity contribution >= 4 is 16.9 Å². The Kier molecular flexibility index (Phi) is 7.92. The van der Waals surface area contributed by atoms with Crippen LogP contribution >= 0.6 is 0 Å². The smallest absolute Gasteiger partial charge is 0.383 e. The number of ether oxygens (including phenoxy) is 2. The van der Waals surface area contributed by atoms with E-state index in [0.29, 0.717) is 0 Å². The maximum absolute atomic E-state index is 12.1. The largest absolute Gasteiger partial charge is 0.507 e. The van der Waals surface area contributed by atoms with E-state index in [9.17, 15) is 19.8 Å². The van der Waals surface area contributed by atoms with Gasteiger partial charge in [0, 0.05) is 0 Å². The van der Waals surface area contributed by atoms with Crippen LogP contribution in [0.3, 0.4) is 0 Å². The molecule has 0 bridgehead atoms. The van der Waals surface area contributed by atoms with Gasteiger partial charge in [-0.3, -0.25) is 0 Å². The molecule has 0 saturated heterocycles. The summed E-state index contributed by atoms with van der Waals surface area (Å²) in [5.41, 5.74) is -1.26. The summed E-state index contributed by atoms with van der Waals surface area (Å²) in [4.78, 5) is 24.0. The molecule has 0 aliphatic rings. The topological polar surface area (TPSA) is 106 Å². The van der Waals surface area contributed by atoms with Crippen LogP contribution in [0.25, 0.3) is 11.0 Å². The van der Waals surface area contributed by atoms with Gasteiger partial charge in [0.05, 0.1) is 18.8 Å². The first-order chi connectivity index (χ1) is 13.5. The minimum absolute atomic E-state index is 0.0656. The van der Waals surface area contributed by atoms with Crippen LogP contribution in [0.5, 0.6) is 17.2 Å². The zero-order valence-electron chi connectivity index (χ0n) is 16.2. The van der Waals surface area contributed by atoms with Crippen molar-refractivity contribution in [1.82, 2.24) is 0 Å². The third kappa shape index (κ3) is 5.06. The van der Waals surface area contributed by atoms with Crippen LogP contribution in [0.2, 0.25) is 0 Å². The number of carbonyl (C=O) groups is 1. The van der Waals surface area contributed by atoms with Crippen LogP contribution in [0.1, 0.15) is 62.2 Å². The first-order valence-electron chi connectivity index (χ1n) is 9.43. The molecule has 2 N–H and O–H groups in total. The molecule has 0 atom stereocenters. The standard InChI is InChI=1S/C21H26O7/c1-3-4-5-6-7-8-9-10-13-27-19-18(23)17-15(28-21(19)25)12-11-14(22)16(17)20(24)26-2/h10-13,22-23H,3-9H2,1-2H3. The fourth-order valence-corrected chi connectivity index (χ4v) is 2.89. The summed E-state index contributed by atoms with van der Waals surface area (Å²) in [5.74, 6) is -2.33. The van der Waals surface area contributed by atoms with Gasteiger partial charge in [-0.2, -0.15) is 0 Å². The van der Waals surface area contributed by atoms with Gasteiger partial charge in [-0.15, -0.1) is 0 Å². The van der Waals surface area contributed by atoms with E-state index in [-0.39, 0.29) is 16.5 Å². The molecule has 2 aromatic rings. The zero-order chi connectivity index (χ0) is 20.5. The van der Waals surface area contributed by atoms with Crippen molar-refractivity contribution in [2.75, 3.05) is 7.11 Å². The molecule has 7 nitrogen and oxygen atoms in total. The number of esters is 1. The number of phenolic OH excluding ortho intramolecular Hbond substituents is 1. The number of unbranched alkanes of at least 4 members (excludes halogenated alkanes) is 6. The Labute approximate surface area is 163 Å². The summed E-state index contributed by atoms with van der Waals surface area (Å²) in [6.07, 6.45) is 10.9. The summed E-state index contributed by atoms with van der Waals surface area (Å²) in [7, 11) is 1.14. The van der Waals surface area contributed by atoms with E-state index in [0.717, 1.165) is 26.4 Å². The number of rotatable bonds is 10. The summed E-state index contributed by atoms with van der Waals surface area (Å²) in [5, 5.41) is 20.3. The third-order valence-electron chi connectivity index (χ3n) is 4.38. The van der Waals surface area contributed by atoms with Gasteiger partial charge in [0.15, 0.2) is 5.75 Å². The predicted molar refractivity (Wildman–Crippen MR) is 105 cm³/mol. The summed E-state index contributed by atoms with van der Waals surface area (Å²) in [6.45, 7) is 2.17. The second-order valence-electron chi connectivity index (χ2n) is 6.44. The van der Waals surface area contributed by atoms with E-state index in [1.165, 1.54) is 44.1 Å². The highest BCUT2D eigenvalue weighted by Gasteiger charge is 2.24. The molecule has 0 saturated carbocycles. The molecular formula is C21H26O7. The molecule has 0 amide bonds. The number of carbonyl (C=O) groups excluding carboxylic acids is 1. The van der Waals surface area contributed by atoms with Gasteiger partial charge >= 0.3 is 11.6 Å². The highest BCUT2D eigenvalue weighted by molar-refractivity contribution is 6.08. The maximum Gasteiger partial charge on any atom is 0.383 e. The highest BCUT2D eigenvalue weighted by atomic mass is 16.5. The molecule has 152 valence electrons. The molecule has 0 aliphatic heterocycles. The van der Waals surface area contributed by atoms with Gasteiger partial charge in [-0.1, -0.05) is 39.0 Å². The summed E-state index contributed by atoms with van der Waals surface area (Å²) in [6, 6.07) is 2.45. The maximum atomic E-state index is 12.1. The molecule has 7 heteroatoms. The molecule has 28 heavy (non-hydrogen) atoms. The lowest BCUT2D eigenvalue weighted by Gasteiger charge is -2.10. The quantitative estimate of drug-likeness (QED) is 0.263. The van der Waals surface area contributed by atoms with Crippen molar-refractivity contribution in [3.63, 3.8) is 0 Å². The average Bonchev–Trinajstić information content (AvgIpc) is 2.68. The van der Waals surface area contributed by atoms with E-state index in [2.05, 4.69) is 11.7 Å². The Bertz CT molecular complexity index is 896. The van der Waals surface area contributed by atoms with Gasteiger partial charge in [-0.25, -0.2) is 9.59 Å². The number of methoxy groups -OCH3 is 1. The lowest BCUT2D eigenvalue weighted by Crippen LogP contribution is -2.07. The summed E-state index contributed by atoms with van der Waals surface area (Å²) < 4.78 is 15.0. The average molecular weight is 390 g/mol. The lowest BCUT2D eigenvalue weighted by molar-refractivity contribution is 0.0599. The van der Waals surface area contributed by atoms with E-state index < -0.39 is 28.8 Å². The molecule has 2 rings (SSSR count). The van der Waals surface area contributed by atoms with Crippen molar-refractivity contribution in [1.29, 1.82) is 0 Å². The highest BCUT2D eigenvalue weighted by Crippen LogP contribution is 2.37. The Balaban J connectivity index is 2.16. The van der Waals surface area contributed by atoms with Gasteiger partial charge in [0.2, 0.25) is 0 Å². The van der Waals surface area contributed by atoms with Crippen LogP contribution < -0.4 is 10.4 Å². The number of phenols is 1. The lowest BCUT2D eigenvalue weighted by atomic mass is 10.1. The van der Waals surface area contributed by atoms with Gasteiger partial charge in [-0.05, 0) is 31.1 Å². The van der Waals surface area contributed by atoms with Crippen molar-refractivity contribution in [2.45, 2.75) is 51.9 Å². The Morgan fingerprint density at radius 2 is 1.86 bits per heavy atom. The van der Waals surface area contributed by atoms with Gasteiger partial charge in [0.25, 0.3) is 5.75 Å². The fraction of sp³-hybridized carbons (Fsp3) is 0.429. The van der Waals surface area contributed by atoms with E-state index in [1.54, 1.807) is 6.08 Å². The normalized spacial score (nSPS) is 11.2. The van der Waals surface area contributed by atoms with Crippen LogP contribution in [0, 0.1) is 0 Å². The summed E-state index contributed by atoms with van der Waals surface area (Å²) >= 11 is 0. The number of hydrogen-bond acceptors (Lipinski definition) is 7. The second kappa shape index (κ2) is 10.4. The van der Waals surface area contributed by atoms with Crippen LogP contribution in [0.15, 0.2) is 33.7 Å². The van der Waals surface area contributed by atoms with Crippen molar-refractivity contribution in [2.24, 2.45) is 0 Å². The van der Waals surface area contributed by atoms with Crippen LogP contribution in [-0.2, 0) is 4.74 Å². The molecular weight excluding hydrogens is 364 g/mol. The molecule has 0 spiro atoms. The molecule has 1 aromatic carbocycles. The third-order valence-corrected chi connectivity index (χ3v) is 4.38. The molecule has 1 heterocycles. The molecule has 0 radical (unpaired) electrons. The van der Waals surface area contributed by atoms with Gasteiger partial charge < -0.3 is 24.1 Å². The van der Waals surface area contributed by atoms with E-state index >= 15 is 0 Å². The molecule has 0 unspecified atom stereocenters. The van der Waals surface area contributed by atoms with Crippen LogP contribution in [-0.4, -0.2) is 23.3 Å². The van der Waals surface area contributed by atoms with Crippen molar-refractivity contribution in [3.8, 4) is 17.2 Å². The molecule has 0 fully saturated rings. The Hall–Kier alpha value is -2.96. The van der Waals surface area contributed by atoms with Crippen molar-refractivity contribution in [3.05, 3.63) is 40.5 Å². The van der Waals surface area contributed by atoms with Crippen molar-refractivity contribution < 1.29 is 28.9 Å². The van der Waals surface area contributed by atoms with Gasteiger partial charge in [0.1, 0.15) is 16.9 Å². The number of aromatic hydroxyl groups is 2. The Morgan fingerprint density at radius 1 is 1.14 bits per heavy atom. The number of allylic oxidation sites excluding steroid dienone is 1. The van der Waals surface area contributed by atoms with E-state index in [4.69, 9.17) is 9.15 Å². The monoisotopic (exact) mass is 390 g/mol. The fourth-order valence-electron chi connectivity index (χ4n) is 2.89. The number of hydrogen-bond donors (Lipinski definition) is 2. The molecule has 1 aromatic heterocycles. The SMILES string of the molecule is CCCCCCCCC=COc1c(O)c2c(C(=O)OC)c(O)ccc2oc1=O. The van der Waals surface area contributed by atoms with E-state index in [1.807, 2.05) is 0 Å². The first-order valence-corrected chi connectivity index (χ1v) is 9.43. The minimum Gasteiger partial charge on any atom is -0.507 e.